The van der Waals surface area contributed by atoms with E-state index in [0.29, 0.717) is 12.3 Å². The molecule has 0 heterocycles. The second-order valence-corrected chi connectivity index (χ2v) is 8.79. The molecule has 1 N–H and O–H groups in total. The van der Waals surface area contributed by atoms with E-state index in [1.807, 2.05) is 0 Å². The smallest absolute Gasteiger partial charge is 0.303 e. The van der Waals surface area contributed by atoms with Crippen molar-refractivity contribution in [2.24, 2.45) is 23.7 Å². The molecule has 152 valence electrons. The second-order valence-electron chi connectivity index (χ2n) is 8.79. The summed E-state index contributed by atoms with van der Waals surface area (Å²) in [4.78, 5) is 10.5. The van der Waals surface area contributed by atoms with E-state index in [4.69, 9.17) is 5.11 Å². The summed E-state index contributed by atoms with van der Waals surface area (Å²) in [6, 6.07) is 0. The first kappa shape index (κ1) is 27.0. The van der Waals surface area contributed by atoms with Gasteiger partial charge in [-0.15, -0.1) is 12.4 Å². The maximum absolute atomic E-state index is 10.5. The van der Waals surface area contributed by atoms with Crippen molar-refractivity contribution < 1.29 is 9.90 Å². The van der Waals surface area contributed by atoms with Crippen LogP contribution in [0.15, 0.2) is 0 Å². The Labute approximate surface area is 164 Å². The molecule has 2 nitrogen and oxygen atoms in total. The summed E-state index contributed by atoms with van der Waals surface area (Å²) in [7, 11) is 0. The van der Waals surface area contributed by atoms with Crippen LogP contribution < -0.4 is 0 Å². The van der Waals surface area contributed by atoms with Gasteiger partial charge in [-0.3, -0.25) is 4.79 Å². The van der Waals surface area contributed by atoms with Crippen molar-refractivity contribution in [2.45, 2.75) is 112 Å². The molecule has 0 rings (SSSR count). The van der Waals surface area contributed by atoms with Gasteiger partial charge in [0.25, 0.3) is 0 Å². The van der Waals surface area contributed by atoms with Gasteiger partial charge < -0.3 is 5.11 Å². The lowest BCUT2D eigenvalue weighted by Crippen LogP contribution is -2.02. The first-order chi connectivity index (χ1) is 11.3. The van der Waals surface area contributed by atoms with Crippen molar-refractivity contribution in [1.82, 2.24) is 0 Å². The molecule has 0 aromatic carbocycles. The molecule has 0 radical (unpaired) electrons. The standard InChI is InChI=1S/C22H44O2.ClH/c1-18(2)10-6-11-19(3)12-7-13-20(4)14-8-15-21(5)16-9-17-22(23)24;/h18-21H,6-17H2,1-5H3,(H,23,24);1H. The number of halogens is 1. The maximum atomic E-state index is 10.5. The van der Waals surface area contributed by atoms with Gasteiger partial charge in [0.2, 0.25) is 0 Å². The molecule has 3 heteroatoms. The summed E-state index contributed by atoms with van der Waals surface area (Å²) < 4.78 is 0. The molecule has 0 saturated heterocycles. The number of hydrogen-bond donors (Lipinski definition) is 1. The van der Waals surface area contributed by atoms with Crippen LogP contribution in [0.2, 0.25) is 0 Å². The fourth-order valence-corrected chi connectivity index (χ4v) is 3.54. The minimum Gasteiger partial charge on any atom is -0.481 e. The predicted molar refractivity (Wildman–Crippen MR) is 113 cm³/mol. The van der Waals surface area contributed by atoms with Crippen LogP contribution in [0.1, 0.15) is 112 Å². The van der Waals surface area contributed by atoms with Gasteiger partial charge in [0, 0.05) is 6.42 Å². The second kappa shape index (κ2) is 17.2. The highest BCUT2D eigenvalue weighted by molar-refractivity contribution is 5.85. The first-order valence-electron chi connectivity index (χ1n) is 10.5. The number of aliphatic carboxylic acids is 1. The van der Waals surface area contributed by atoms with Gasteiger partial charge in [-0.25, -0.2) is 0 Å². The summed E-state index contributed by atoms with van der Waals surface area (Å²) in [6.07, 6.45) is 14.5. The third-order valence-corrected chi connectivity index (χ3v) is 5.35. The van der Waals surface area contributed by atoms with Crippen LogP contribution in [0.25, 0.3) is 0 Å². The molecule has 25 heavy (non-hydrogen) atoms. The van der Waals surface area contributed by atoms with E-state index in [2.05, 4.69) is 34.6 Å². The van der Waals surface area contributed by atoms with Crippen LogP contribution in [0.4, 0.5) is 0 Å². The van der Waals surface area contributed by atoms with Crippen molar-refractivity contribution in [3.8, 4) is 0 Å². The Morgan fingerprint density at radius 2 is 0.960 bits per heavy atom. The molecule has 0 fully saturated rings. The molecule has 0 aromatic heterocycles. The predicted octanol–water partition coefficient (Wildman–Crippen LogP) is 7.74. The molecule has 0 amide bonds. The Morgan fingerprint density at radius 1 is 0.640 bits per heavy atom. The fraction of sp³-hybridized carbons (Fsp3) is 0.955. The zero-order chi connectivity index (χ0) is 18.4. The van der Waals surface area contributed by atoms with Crippen LogP contribution in [-0.4, -0.2) is 11.1 Å². The van der Waals surface area contributed by atoms with Gasteiger partial charge in [-0.05, 0) is 30.1 Å². The molecule has 0 spiro atoms. The summed E-state index contributed by atoms with van der Waals surface area (Å²) in [5, 5.41) is 8.67. The number of carbonyl (C=O) groups is 1. The Kier molecular flexibility index (Phi) is 18.6. The van der Waals surface area contributed by atoms with Gasteiger partial charge in [0.1, 0.15) is 0 Å². The molecular weight excluding hydrogens is 332 g/mol. The van der Waals surface area contributed by atoms with Gasteiger partial charge in [-0.2, -0.15) is 0 Å². The van der Waals surface area contributed by atoms with E-state index < -0.39 is 5.97 Å². The Morgan fingerprint density at radius 3 is 1.28 bits per heavy atom. The SMILES string of the molecule is CC(C)CCCC(C)CCCC(C)CCCC(C)CCCC(=O)O.Cl. The van der Waals surface area contributed by atoms with Crippen LogP contribution in [0.5, 0.6) is 0 Å². The van der Waals surface area contributed by atoms with Gasteiger partial charge in [0.15, 0.2) is 0 Å². The van der Waals surface area contributed by atoms with E-state index in [1.165, 1.54) is 57.8 Å². The summed E-state index contributed by atoms with van der Waals surface area (Å²) >= 11 is 0. The number of carboxylic acid groups (broad SMARTS) is 1. The lowest BCUT2D eigenvalue weighted by molar-refractivity contribution is -0.137. The van der Waals surface area contributed by atoms with Gasteiger partial charge in [-0.1, -0.05) is 98.8 Å². The summed E-state index contributed by atoms with van der Waals surface area (Å²) in [6.45, 7) is 11.7. The average Bonchev–Trinajstić information content (AvgIpc) is 2.46. The van der Waals surface area contributed by atoms with Crippen LogP contribution >= 0.6 is 12.4 Å². The Balaban J connectivity index is 0. The monoisotopic (exact) mass is 376 g/mol. The number of carboxylic acids is 1. The minimum absolute atomic E-state index is 0. The third-order valence-electron chi connectivity index (χ3n) is 5.35. The highest BCUT2D eigenvalue weighted by Crippen LogP contribution is 2.23. The molecule has 0 saturated carbocycles. The van der Waals surface area contributed by atoms with E-state index in [0.717, 1.165) is 30.6 Å². The van der Waals surface area contributed by atoms with E-state index in [1.54, 1.807) is 0 Å². The van der Waals surface area contributed by atoms with Gasteiger partial charge >= 0.3 is 5.97 Å². The number of rotatable bonds is 16. The fourth-order valence-electron chi connectivity index (χ4n) is 3.54. The van der Waals surface area contributed by atoms with E-state index >= 15 is 0 Å². The third kappa shape index (κ3) is 19.9. The van der Waals surface area contributed by atoms with E-state index in [-0.39, 0.29) is 12.4 Å². The number of hydrogen-bond acceptors (Lipinski definition) is 1. The Bertz CT molecular complexity index is 304. The highest BCUT2D eigenvalue weighted by Gasteiger charge is 2.08. The lowest BCUT2D eigenvalue weighted by Gasteiger charge is -2.16. The van der Waals surface area contributed by atoms with Crippen molar-refractivity contribution in [3.63, 3.8) is 0 Å². The molecule has 0 aliphatic heterocycles. The van der Waals surface area contributed by atoms with Crippen molar-refractivity contribution in [2.75, 3.05) is 0 Å². The molecule has 3 unspecified atom stereocenters. The van der Waals surface area contributed by atoms with Crippen LogP contribution in [-0.2, 0) is 4.79 Å². The normalized spacial score (nSPS) is 14.8. The van der Waals surface area contributed by atoms with Crippen molar-refractivity contribution in [1.29, 1.82) is 0 Å². The van der Waals surface area contributed by atoms with Crippen molar-refractivity contribution in [3.05, 3.63) is 0 Å². The zero-order valence-corrected chi connectivity index (χ0v) is 18.4. The van der Waals surface area contributed by atoms with Crippen molar-refractivity contribution >= 4 is 18.4 Å². The van der Waals surface area contributed by atoms with Gasteiger partial charge in [0.05, 0.1) is 0 Å². The lowest BCUT2D eigenvalue weighted by atomic mass is 9.90. The Hall–Kier alpha value is -0.240. The van der Waals surface area contributed by atoms with Crippen LogP contribution in [0.3, 0.4) is 0 Å². The summed E-state index contributed by atoms with van der Waals surface area (Å²) in [5.41, 5.74) is 0. The molecule has 0 bridgehead atoms. The highest BCUT2D eigenvalue weighted by atomic mass is 35.5. The zero-order valence-electron chi connectivity index (χ0n) is 17.6. The largest absolute Gasteiger partial charge is 0.481 e. The minimum atomic E-state index is -0.658. The molecule has 0 aliphatic carbocycles. The maximum Gasteiger partial charge on any atom is 0.303 e. The van der Waals surface area contributed by atoms with Crippen LogP contribution in [0, 0.1) is 23.7 Å². The molecule has 3 atom stereocenters. The molecule has 0 aliphatic rings. The average molecular weight is 377 g/mol. The molecular formula is C22H45ClO2. The quantitative estimate of drug-likeness (QED) is 0.299. The van der Waals surface area contributed by atoms with E-state index in [9.17, 15) is 4.79 Å². The topological polar surface area (TPSA) is 37.3 Å². The summed E-state index contributed by atoms with van der Waals surface area (Å²) in [5.74, 6) is 2.61. The molecule has 0 aromatic rings. The first-order valence-corrected chi connectivity index (χ1v) is 10.5.